The molecule has 0 heterocycles. The lowest BCUT2D eigenvalue weighted by Crippen LogP contribution is -2.52. The summed E-state index contributed by atoms with van der Waals surface area (Å²) in [4.78, 5) is 26.9. The van der Waals surface area contributed by atoms with Crippen LogP contribution in [0.2, 0.25) is 0 Å². The van der Waals surface area contributed by atoms with E-state index in [1.54, 1.807) is 19.9 Å². The number of hydrogen-bond donors (Lipinski definition) is 1. The second kappa shape index (κ2) is 10.5. The Labute approximate surface area is 187 Å². The molecule has 7 nitrogen and oxygen atoms in total. The van der Waals surface area contributed by atoms with Crippen LogP contribution in [0.25, 0.3) is 0 Å². The highest BCUT2D eigenvalue weighted by atomic mass is 32.2. The lowest BCUT2D eigenvalue weighted by atomic mass is 10.1. The van der Waals surface area contributed by atoms with E-state index in [0.717, 1.165) is 27.6 Å². The van der Waals surface area contributed by atoms with Crippen molar-refractivity contribution in [1.29, 1.82) is 0 Å². The van der Waals surface area contributed by atoms with Crippen molar-refractivity contribution in [2.75, 3.05) is 17.1 Å². The first-order chi connectivity index (χ1) is 14.9. The van der Waals surface area contributed by atoms with Crippen LogP contribution in [0.15, 0.2) is 48.5 Å². The molecule has 10 heteroatoms. The van der Waals surface area contributed by atoms with E-state index >= 15 is 0 Å². The van der Waals surface area contributed by atoms with Crippen LogP contribution in [0, 0.1) is 11.6 Å². The van der Waals surface area contributed by atoms with E-state index < -0.39 is 46.1 Å². The molecule has 0 spiro atoms. The van der Waals surface area contributed by atoms with Crippen LogP contribution < -0.4 is 9.62 Å². The summed E-state index contributed by atoms with van der Waals surface area (Å²) in [6.45, 7) is 4.05. The fourth-order valence-corrected chi connectivity index (χ4v) is 3.88. The monoisotopic (exact) mass is 467 g/mol. The summed E-state index contributed by atoms with van der Waals surface area (Å²) in [6, 6.07) is 9.39. The Hall–Kier alpha value is -3.01. The molecule has 0 aromatic heterocycles. The largest absolute Gasteiger partial charge is 0.352 e. The number of nitrogens with one attached hydrogen (secondary N) is 1. The van der Waals surface area contributed by atoms with E-state index in [9.17, 15) is 26.8 Å². The summed E-state index contributed by atoms with van der Waals surface area (Å²) < 4.78 is 53.4. The van der Waals surface area contributed by atoms with E-state index in [4.69, 9.17) is 0 Å². The molecule has 174 valence electrons. The molecule has 2 aromatic carbocycles. The first kappa shape index (κ1) is 25.3. The Balaban J connectivity index is 2.40. The molecule has 1 N–H and O–H groups in total. The van der Waals surface area contributed by atoms with Crippen molar-refractivity contribution < 1.29 is 26.8 Å². The molecule has 2 rings (SSSR count). The molecule has 0 aliphatic heterocycles. The highest BCUT2D eigenvalue weighted by Crippen LogP contribution is 2.20. The minimum absolute atomic E-state index is 0.0361. The van der Waals surface area contributed by atoms with Gasteiger partial charge in [-0.05, 0) is 45.0 Å². The third kappa shape index (κ3) is 6.74. The number of anilines is 1. The molecular formula is C22H27F2N3O4S. The van der Waals surface area contributed by atoms with Crippen molar-refractivity contribution in [3.63, 3.8) is 0 Å². The summed E-state index contributed by atoms with van der Waals surface area (Å²) in [6.07, 6.45) is 0.890. The lowest BCUT2D eigenvalue weighted by molar-refractivity contribution is -0.139. The average molecular weight is 468 g/mol. The van der Waals surface area contributed by atoms with Gasteiger partial charge in [-0.3, -0.25) is 13.9 Å². The van der Waals surface area contributed by atoms with Gasteiger partial charge in [0, 0.05) is 18.2 Å². The van der Waals surface area contributed by atoms with Gasteiger partial charge in [-0.2, -0.15) is 0 Å². The van der Waals surface area contributed by atoms with E-state index in [1.807, 2.05) is 0 Å². The third-order valence-electron chi connectivity index (χ3n) is 4.67. The fraction of sp³-hybridized carbons (Fsp3) is 0.364. The van der Waals surface area contributed by atoms with Crippen molar-refractivity contribution >= 4 is 27.5 Å². The molecule has 0 bridgehead atoms. The van der Waals surface area contributed by atoms with Gasteiger partial charge in [0.2, 0.25) is 21.8 Å². The van der Waals surface area contributed by atoms with Crippen molar-refractivity contribution in [3.05, 3.63) is 65.7 Å². The number of rotatable bonds is 9. The van der Waals surface area contributed by atoms with Gasteiger partial charge >= 0.3 is 0 Å². The predicted octanol–water partition coefficient (Wildman–Crippen LogP) is 2.67. The Bertz CT molecular complexity index is 1080. The van der Waals surface area contributed by atoms with E-state index in [2.05, 4.69) is 5.32 Å². The maximum Gasteiger partial charge on any atom is 0.244 e. The molecule has 2 amide bonds. The predicted molar refractivity (Wildman–Crippen MR) is 118 cm³/mol. The van der Waals surface area contributed by atoms with Gasteiger partial charge in [0.05, 0.1) is 11.9 Å². The Morgan fingerprint density at radius 2 is 1.69 bits per heavy atom. The minimum atomic E-state index is -3.96. The summed E-state index contributed by atoms with van der Waals surface area (Å²) in [5, 5.41) is 2.69. The normalized spacial score (nSPS) is 12.3. The maximum atomic E-state index is 14.3. The minimum Gasteiger partial charge on any atom is -0.352 e. The number of sulfonamides is 1. The summed E-state index contributed by atoms with van der Waals surface area (Å²) in [7, 11) is -3.96. The second-order valence-corrected chi connectivity index (χ2v) is 9.61. The van der Waals surface area contributed by atoms with Crippen LogP contribution in [0.5, 0.6) is 0 Å². The Kier molecular flexibility index (Phi) is 8.31. The Morgan fingerprint density at radius 3 is 2.25 bits per heavy atom. The van der Waals surface area contributed by atoms with E-state index in [-0.39, 0.29) is 23.8 Å². The molecule has 0 fully saturated rings. The molecule has 0 aliphatic carbocycles. The lowest BCUT2D eigenvalue weighted by Gasteiger charge is -2.32. The summed E-state index contributed by atoms with van der Waals surface area (Å²) in [5.41, 5.74) is 0.132. The zero-order chi connectivity index (χ0) is 24.1. The molecule has 0 aliphatic rings. The van der Waals surface area contributed by atoms with Crippen molar-refractivity contribution in [1.82, 2.24) is 10.2 Å². The quantitative estimate of drug-likeness (QED) is 0.614. The molecule has 2 aromatic rings. The Morgan fingerprint density at radius 1 is 1.03 bits per heavy atom. The topological polar surface area (TPSA) is 86.8 Å². The van der Waals surface area contributed by atoms with Crippen molar-refractivity contribution in [3.8, 4) is 0 Å². The molecule has 0 radical (unpaired) electrons. The molecule has 32 heavy (non-hydrogen) atoms. The SMILES string of the molecule is CC(C)NC(=O)C(C)N(Cc1ccccc1F)C(=O)CN(c1cccc(F)c1)S(C)(=O)=O. The van der Waals surface area contributed by atoms with Crippen LogP contribution in [-0.4, -0.2) is 50.0 Å². The van der Waals surface area contributed by atoms with Crippen molar-refractivity contribution in [2.45, 2.75) is 39.4 Å². The number of amides is 2. The molecule has 0 saturated heterocycles. The van der Waals surface area contributed by atoms with Gasteiger partial charge in [0.1, 0.15) is 24.2 Å². The van der Waals surface area contributed by atoms with Gasteiger partial charge in [0.25, 0.3) is 0 Å². The zero-order valence-electron chi connectivity index (χ0n) is 18.4. The highest BCUT2D eigenvalue weighted by Gasteiger charge is 2.30. The number of benzene rings is 2. The number of halogens is 2. The standard InChI is InChI=1S/C22H27F2N3O4S/c1-15(2)25-22(29)16(3)26(13-17-8-5-6-11-20(17)24)21(28)14-27(32(4,30)31)19-10-7-9-18(23)12-19/h5-12,15-16H,13-14H2,1-4H3,(H,25,29). The van der Waals surface area contributed by atoms with Crippen LogP contribution in [0.4, 0.5) is 14.5 Å². The summed E-state index contributed by atoms with van der Waals surface area (Å²) in [5.74, 6) is -2.45. The first-order valence-electron chi connectivity index (χ1n) is 9.96. The number of hydrogen-bond acceptors (Lipinski definition) is 4. The van der Waals surface area contributed by atoms with Gasteiger partial charge in [-0.25, -0.2) is 17.2 Å². The highest BCUT2D eigenvalue weighted by molar-refractivity contribution is 7.92. The first-order valence-corrected chi connectivity index (χ1v) is 11.8. The number of carbonyl (C=O) groups excluding carboxylic acids is 2. The van der Waals surface area contributed by atoms with Crippen LogP contribution in [0.1, 0.15) is 26.3 Å². The van der Waals surface area contributed by atoms with Gasteiger partial charge in [-0.1, -0.05) is 24.3 Å². The molecular weight excluding hydrogens is 440 g/mol. The van der Waals surface area contributed by atoms with Crippen molar-refractivity contribution in [2.24, 2.45) is 0 Å². The molecule has 1 atom stereocenters. The number of nitrogens with zero attached hydrogens (tertiary/aromatic N) is 2. The van der Waals surface area contributed by atoms with Gasteiger partial charge < -0.3 is 10.2 Å². The third-order valence-corrected chi connectivity index (χ3v) is 5.81. The van der Waals surface area contributed by atoms with Crippen LogP contribution >= 0.6 is 0 Å². The van der Waals surface area contributed by atoms with E-state index in [1.165, 1.54) is 37.3 Å². The maximum absolute atomic E-state index is 14.3. The van der Waals surface area contributed by atoms with Gasteiger partial charge in [0.15, 0.2) is 0 Å². The summed E-state index contributed by atoms with van der Waals surface area (Å²) >= 11 is 0. The smallest absolute Gasteiger partial charge is 0.244 e. The second-order valence-electron chi connectivity index (χ2n) is 7.70. The zero-order valence-corrected chi connectivity index (χ0v) is 19.2. The molecule has 0 saturated carbocycles. The average Bonchev–Trinajstić information content (AvgIpc) is 2.69. The van der Waals surface area contributed by atoms with Gasteiger partial charge in [-0.15, -0.1) is 0 Å². The van der Waals surface area contributed by atoms with Crippen LogP contribution in [-0.2, 0) is 26.2 Å². The molecule has 1 unspecified atom stereocenters. The van der Waals surface area contributed by atoms with Crippen LogP contribution in [0.3, 0.4) is 0 Å². The number of carbonyl (C=O) groups is 2. The van der Waals surface area contributed by atoms with E-state index in [0.29, 0.717) is 0 Å². The fourth-order valence-electron chi connectivity index (χ4n) is 3.04.